The molecule has 0 unspecified atom stereocenters. The molecule has 0 bridgehead atoms. The highest BCUT2D eigenvalue weighted by atomic mass is 35.5. The Labute approximate surface area is 154 Å². The van der Waals surface area contributed by atoms with Gasteiger partial charge in [0.15, 0.2) is 0 Å². The average molecular weight is 397 g/mol. The Morgan fingerprint density at radius 1 is 1.19 bits per heavy atom. The number of aryl methyl sites for hydroxylation is 1. The Hall–Kier alpha value is -2.42. The summed E-state index contributed by atoms with van der Waals surface area (Å²) >= 11 is 6.04. The first-order chi connectivity index (χ1) is 12.2. The standard InChI is InChI=1S/C17H14ClFN2O4S/c1-9-16(10-4-6-15(13(19)7-10)26(20,22)23)17(21-25-9)11-3-5-12(18)14(8-11)24-2/h3-8H,1-2H3,(H2,20,22,23). The molecule has 0 spiro atoms. The van der Waals surface area contributed by atoms with Crippen LogP contribution in [0.4, 0.5) is 4.39 Å². The van der Waals surface area contributed by atoms with E-state index in [1.165, 1.54) is 13.2 Å². The van der Waals surface area contributed by atoms with Crippen LogP contribution < -0.4 is 9.88 Å². The van der Waals surface area contributed by atoms with Crippen LogP contribution in [-0.2, 0) is 10.0 Å². The summed E-state index contributed by atoms with van der Waals surface area (Å²) in [4.78, 5) is -0.579. The first-order valence-corrected chi connectivity index (χ1v) is 9.27. The van der Waals surface area contributed by atoms with Gasteiger partial charge in [0.2, 0.25) is 10.0 Å². The molecule has 9 heteroatoms. The van der Waals surface area contributed by atoms with Crippen LogP contribution in [0.25, 0.3) is 22.4 Å². The van der Waals surface area contributed by atoms with Gasteiger partial charge >= 0.3 is 0 Å². The number of methoxy groups -OCH3 is 1. The van der Waals surface area contributed by atoms with Crippen molar-refractivity contribution in [3.8, 4) is 28.1 Å². The van der Waals surface area contributed by atoms with E-state index in [0.29, 0.717) is 38.9 Å². The Bertz CT molecular complexity index is 1100. The topological polar surface area (TPSA) is 95.4 Å². The van der Waals surface area contributed by atoms with Gasteiger partial charge in [0, 0.05) is 5.56 Å². The number of hydrogen-bond acceptors (Lipinski definition) is 5. The van der Waals surface area contributed by atoms with Crippen molar-refractivity contribution in [2.45, 2.75) is 11.8 Å². The quantitative estimate of drug-likeness (QED) is 0.724. The Balaban J connectivity index is 2.17. The molecule has 1 heterocycles. The van der Waals surface area contributed by atoms with Gasteiger partial charge in [0.05, 0.1) is 17.7 Å². The van der Waals surface area contributed by atoms with Gasteiger partial charge in [-0.25, -0.2) is 17.9 Å². The van der Waals surface area contributed by atoms with E-state index in [-0.39, 0.29) is 0 Å². The van der Waals surface area contributed by atoms with Crippen LogP contribution in [0, 0.1) is 12.7 Å². The van der Waals surface area contributed by atoms with Gasteiger partial charge in [0.1, 0.15) is 27.9 Å². The number of rotatable bonds is 4. The highest BCUT2D eigenvalue weighted by Crippen LogP contribution is 2.38. The zero-order valence-electron chi connectivity index (χ0n) is 13.8. The molecule has 2 aromatic carbocycles. The predicted molar refractivity (Wildman–Crippen MR) is 95.0 cm³/mol. The lowest BCUT2D eigenvalue weighted by molar-refractivity contribution is 0.400. The van der Waals surface area contributed by atoms with Gasteiger partial charge in [-0.15, -0.1) is 0 Å². The summed E-state index contributed by atoms with van der Waals surface area (Å²) in [5, 5.41) is 9.46. The van der Waals surface area contributed by atoms with Crippen molar-refractivity contribution in [2.75, 3.05) is 7.11 Å². The number of primary sulfonamides is 1. The fourth-order valence-electron chi connectivity index (χ4n) is 2.60. The van der Waals surface area contributed by atoms with Gasteiger partial charge in [-0.3, -0.25) is 0 Å². The maximum atomic E-state index is 14.2. The largest absolute Gasteiger partial charge is 0.495 e. The highest BCUT2D eigenvalue weighted by Gasteiger charge is 2.21. The van der Waals surface area contributed by atoms with Crippen LogP contribution in [0.3, 0.4) is 0 Å². The number of ether oxygens (including phenoxy) is 1. The molecule has 3 rings (SSSR count). The van der Waals surface area contributed by atoms with Crippen molar-refractivity contribution in [3.63, 3.8) is 0 Å². The Morgan fingerprint density at radius 3 is 2.50 bits per heavy atom. The third-order valence-corrected chi connectivity index (χ3v) is 5.07. The normalized spacial score (nSPS) is 11.6. The molecular formula is C17H14ClFN2O4S. The van der Waals surface area contributed by atoms with Gasteiger partial charge in [-0.1, -0.05) is 28.9 Å². The summed E-state index contributed by atoms with van der Waals surface area (Å²) in [5.41, 5.74) is 2.01. The van der Waals surface area contributed by atoms with Crippen LogP contribution in [0.15, 0.2) is 45.8 Å². The molecule has 2 N–H and O–H groups in total. The maximum absolute atomic E-state index is 14.2. The summed E-state index contributed by atoms with van der Waals surface area (Å²) in [6.07, 6.45) is 0. The number of halogens is 2. The van der Waals surface area contributed by atoms with E-state index in [0.717, 1.165) is 12.1 Å². The summed E-state index contributed by atoms with van der Waals surface area (Å²) < 4.78 is 47.5. The zero-order chi connectivity index (χ0) is 19.1. The Kier molecular flexibility index (Phi) is 4.74. The lowest BCUT2D eigenvalue weighted by atomic mass is 9.99. The molecule has 3 aromatic rings. The molecule has 0 radical (unpaired) electrons. The number of benzene rings is 2. The molecule has 0 saturated heterocycles. The van der Waals surface area contributed by atoms with Crippen LogP contribution in [-0.4, -0.2) is 20.7 Å². The van der Waals surface area contributed by atoms with Gasteiger partial charge < -0.3 is 9.26 Å². The summed E-state index contributed by atoms with van der Waals surface area (Å²) in [6.45, 7) is 1.67. The van der Waals surface area contributed by atoms with E-state index >= 15 is 0 Å². The van der Waals surface area contributed by atoms with Crippen molar-refractivity contribution < 1.29 is 22.1 Å². The van der Waals surface area contributed by atoms with E-state index in [1.807, 2.05) is 0 Å². The number of aromatic nitrogens is 1. The molecule has 0 fully saturated rings. The van der Waals surface area contributed by atoms with E-state index in [4.69, 9.17) is 26.0 Å². The van der Waals surface area contributed by atoms with Gasteiger partial charge in [-0.2, -0.15) is 0 Å². The molecule has 0 aliphatic rings. The van der Waals surface area contributed by atoms with Crippen molar-refractivity contribution in [1.29, 1.82) is 0 Å². The smallest absolute Gasteiger partial charge is 0.240 e. The van der Waals surface area contributed by atoms with Crippen molar-refractivity contribution in [2.24, 2.45) is 5.14 Å². The van der Waals surface area contributed by atoms with E-state index in [1.54, 1.807) is 25.1 Å². The molecule has 1 aromatic heterocycles. The highest BCUT2D eigenvalue weighted by molar-refractivity contribution is 7.89. The second-order valence-corrected chi connectivity index (χ2v) is 7.44. The number of nitrogens with two attached hydrogens (primary N) is 1. The van der Waals surface area contributed by atoms with Gasteiger partial charge in [0.25, 0.3) is 0 Å². The van der Waals surface area contributed by atoms with Crippen LogP contribution in [0.5, 0.6) is 5.75 Å². The molecule has 0 aliphatic carbocycles. The Morgan fingerprint density at radius 2 is 1.88 bits per heavy atom. The van der Waals surface area contributed by atoms with Crippen molar-refractivity contribution in [1.82, 2.24) is 5.16 Å². The molecule has 0 aliphatic heterocycles. The zero-order valence-corrected chi connectivity index (χ0v) is 15.4. The van der Waals surface area contributed by atoms with Crippen LogP contribution in [0.1, 0.15) is 5.76 Å². The molecule has 26 heavy (non-hydrogen) atoms. The average Bonchev–Trinajstić information content (AvgIpc) is 2.95. The minimum Gasteiger partial charge on any atom is -0.495 e. The number of nitrogens with zero attached hydrogens (tertiary/aromatic N) is 1. The third kappa shape index (κ3) is 3.31. The number of hydrogen-bond donors (Lipinski definition) is 1. The lowest BCUT2D eigenvalue weighted by Crippen LogP contribution is -2.13. The van der Waals surface area contributed by atoms with Crippen LogP contribution in [0.2, 0.25) is 5.02 Å². The molecule has 0 saturated carbocycles. The maximum Gasteiger partial charge on any atom is 0.240 e. The summed E-state index contributed by atoms with van der Waals surface area (Å²) in [6, 6.07) is 8.68. The molecule has 0 atom stereocenters. The fraction of sp³-hybridized carbons (Fsp3) is 0.118. The number of sulfonamides is 1. The van der Waals surface area contributed by atoms with Gasteiger partial charge in [-0.05, 0) is 36.8 Å². The minimum absolute atomic E-state index is 0.401. The third-order valence-electron chi connectivity index (χ3n) is 3.81. The first kappa shape index (κ1) is 18.4. The van der Waals surface area contributed by atoms with Crippen molar-refractivity contribution >= 4 is 21.6 Å². The molecule has 136 valence electrons. The van der Waals surface area contributed by atoms with Crippen LogP contribution >= 0.6 is 11.6 Å². The fourth-order valence-corrected chi connectivity index (χ4v) is 3.39. The summed E-state index contributed by atoms with van der Waals surface area (Å²) in [7, 11) is -2.66. The monoisotopic (exact) mass is 396 g/mol. The SMILES string of the molecule is COc1cc(-c2noc(C)c2-c2ccc(S(N)(=O)=O)c(F)c2)ccc1Cl. The molecule has 0 amide bonds. The lowest BCUT2D eigenvalue weighted by Gasteiger charge is -2.08. The second kappa shape index (κ2) is 6.71. The summed E-state index contributed by atoms with van der Waals surface area (Å²) in [5.74, 6) is -0.0616. The minimum atomic E-state index is -4.15. The van der Waals surface area contributed by atoms with Crippen molar-refractivity contribution in [3.05, 3.63) is 53.0 Å². The first-order valence-electron chi connectivity index (χ1n) is 7.35. The van der Waals surface area contributed by atoms with E-state index < -0.39 is 20.7 Å². The second-order valence-electron chi connectivity index (χ2n) is 5.50. The molecule has 6 nitrogen and oxygen atoms in total. The predicted octanol–water partition coefficient (Wildman–Crippen LogP) is 3.77. The molecular weight excluding hydrogens is 383 g/mol. The van der Waals surface area contributed by atoms with E-state index in [2.05, 4.69) is 5.16 Å². The van der Waals surface area contributed by atoms with E-state index in [9.17, 15) is 12.8 Å².